The Morgan fingerprint density at radius 1 is 0.840 bits per heavy atom. The number of rotatable bonds is 7. The van der Waals surface area contributed by atoms with Gasteiger partial charge in [-0.2, -0.15) is 48.3 Å². The normalized spacial score (nSPS) is 17.2. The van der Waals surface area contributed by atoms with Gasteiger partial charge in [-0.15, -0.1) is 0 Å². The number of esters is 1. The lowest BCUT2D eigenvalue weighted by molar-refractivity contribution is -0.424. The predicted molar refractivity (Wildman–Crippen MR) is 57.7 cm³/mol. The third kappa shape index (κ3) is 3.92. The summed E-state index contributed by atoms with van der Waals surface area (Å²) in [4.78, 5) is 11.1. The van der Waals surface area contributed by atoms with Gasteiger partial charge in [0.25, 0.3) is 0 Å². The molecule has 0 rings (SSSR count). The van der Waals surface area contributed by atoms with E-state index in [0.29, 0.717) is 0 Å². The van der Waals surface area contributed by atoms with Crippen LogP contribution in [-0.4, -0.2) is 53.2 Å². The number of aliphatic hydroxyl groups is 1. The zero-order valence-electron chi connectivity index (χ0n) is 12.3. The number of hydrogen-bond donors (Lipinski definition) is 1. The molecule has 0 aromatic rings. The van der Waals surface area contributed by atoms with Gasteiger partial charge >= 0.3 is 35.8 Å². The number of halogens is 11. The molecule has 1 unspecified atom stereocenters. The van der Waals surface area contributed by atoms with Gasteiger partial charge in [-0.05, 0) is 13.8 Å². The van der Waals surface area contributed by atoms with Gasteiger partial charge in [-0.1, -0.05) is 0 Å². The number of carbonyl (C=O) groups excluding carboxylic acids is 1. The van der Waals surface area contributed by atoms with Crippen LogP contribution in [-0.2, 0) is 9.53 Å². The minimum atomic E-state index is -7.59. The molecule has 1 N–H and O–H groups in total. The van der Waals surface area contributed by atoms with Crippen LogP contribution in [0.1, 0.15) is 20.3 Å². The number of alkyl halides is 11. The fourth-order valence-electron chi connectivity index (χ4n) is 1.51. The minimum Gasteiger partial charge on any atom is -0.464 e. The van der Waals surface area contributed by atoms with Crippen molar-refractivity contribution in [3.05, 3.63) is 0 Å². The molecule has 0 spiro atoms. The molecular weight excluding hydrogens is 389 g/mol. The van der Waals surface area contributed by atoms with E-state index < -0.39 is 54.5 Å². The predicted octanol–water partition coefficient (Wildman–Crippen LogP) is 3.79. The summed E-state index contributed by atoms with van der Waals surface area (Å²) in [5.41, 5.74) is -3.58. The van der Waals surface area contributed by atoms with Crippen molar-refractivity contribution in [1.29, 1.82) is 0 Å². The molecule has 0 aliphatic heterocycles. The van der Waals surface area contributed by atoms with E-state index in [9.17, 15) is 58.2 Å². The van der Waals surface area contributed by atoms with Crippen LogP contribution in [0, 0.1) is 0 Å². The summed E-state index contributed by atoms with van der Waals surface area (Å²) in [6.07, 6.45) is -10.2. The topological polar surface area (TPSA) is 46.5 Å². The zero-order valence-corrected chi connectivity index (χ0v) is 12.3. The molecule has 0 aliphatic rings. The molecule has 0 aliphatic carbocycles. The highest BCUT2D eigenvalue weighted by molar-refractivity contribution is 5.78. The second kappa shape index (κ2) is 6.43. The Hall–Kier alpha value is -1.34. The van der Waals surface area contributed by atoms with Crippen LogP contribution in [0.3, 0.4) is 0 Å². The Labute approximate surface area is 132 Å². The smallest absolute Gasteiger partial charge is 0.460 e. The Morgan fingerprint density at radius 2 is 1.24 bits per heavy atom. The third-order valence-corrected chi connectivity index (χ3v) is 2.89. The van der Waals surface area contributed by atoms with E-state index in [0.717, 1.165) is 6.92 Å². The minimum absolute atomic E-state index is 0.106. The zero-order chi connectivity index (χ0) is 20.7. The van der Waals surface area contributed by atoms with Crippen LogP contribution in [0.15, 0.2) is 0 Å². The molecule has 0 aromatic heterocycles. The lowest BCUT2D eigenvalue weighted by Crippen LogP contribution is -2.67. The first kappa shape index (κ1) is 23.7. The van der Waals surface area contributed by atoms with E-state index in [1.54, 1.807) is 0 Å². The molecule has 0 heterocycles. The van der Waals surface area contributed by atoms with E-state index >= 15 is 0 Å². The Bertz CT molecular complexity index is 496. The van der Waals surface area contributed by atoms with Crippen molar-refractivity contribution in [1.82, 2.24) is 0 Å². The van der Waals surface area contributed by atoms with Gasteiger partial charge in [0.1, 0.15) is 0 Å². The van der Waals surface area contributed by atoms with Crippen molar-refractivity contribution < 1.29 is 62.9 Å². The van der Waals surface area contributed by atoms with Crippen LogP contribution in [0.2, 0.25) is 0 Å². The molecule has 0 bridgehead atoms. The third-order valence-electron chi connectivity index (χ3n) is 2.89. The molecule has 3 nitrogen and oxygen atoms in total. The summed E-state index contributed by atoms with van der Waals surface area (Å²) in [6.45, 7) is 0.618. The highest BCUT2D eigenvalue weighted by Gasteiger charge is 2.87. The van der Waals surface area contributed by atoms with Crippen molar-refractivity contribution in [3.63, 3.8) is 0 Å². The van der Waals surface area contributed by atoms with Crippen molar-refractivity contribution in [3.8, 4) is 0 Å². The lowest BCUT2D eigenvalue weighted by Gasteiger charge is -2.38. The van der Waals surface area contributed by atoms with Gasteiger partial charge in [-0.25, -0.2) is 4.79 Å². The van der Waals surface area contributed by atoms with Crippen molar-refractivity contribution in [2.75, 3.05) is 6.61 Å². The highest BCUT2D eigenvalue weighted by atomic mass is 19.4. The van der Waals surface area contributed by atoms with Crippen molar-refractivity contribution in [2.45, 2.75) is 55.7 Å². The molecule has 0 aromatic carbocycles. The lowest BCUT2D eigenvalue weighted by atomic mass is 9.89. The molecule has 1 atom stereocenters. The average molecular weight is 400 g/mol. The first-order valence-electron chi connectivity index (χ1n) is 6.16. The maximum absolute atomic E-state index is 13.4. The fourth-order valence-corrected chi connectivity index (χ4v) is 1.51. The van der Waals surface area contributed by atoms with Gasteiger partial charge in [0, 0.05) is 0 Å². The second-order valence-corrected chi connectivity index (χ2v) is 5.10. The maximum Gasteiger partial charge on any atom is 0.460 e. The molecule has 150 valence electrons. The summed E-state index contributed by atoms with van der Waals surface area (Å²) < 4.78 is 144. The molecule has 0 fully saturated rings. The summed E-state index contributed by atoms with van der Waals surface area (Å²) in [6, 6.07) is 0. The van der Waals surface area contributed by atoms with Crippen LogP contribution >= 0.6 is 0 Å². The van der Waals surface area contributed by atoms with E-state index in [4.69, 9.17) is 0 Å². The van der Waals surface area contributed by atoms with Crippen molar-refractivity contribution >= 4 is 5.97 Å². The average Bonchev–Trinajstić information content (AvgIpc) is 2.35. The van der Waals surface area contributed by atoms with Gasteiger partial charge in [0.2, 0.25) is 0 Å². The molecule has 0 saturated carbocycles. The van der Waals surface area contributed by atoms with E-state index in [-0.39, 0.29) is 6.92 Å². The SMILES string of the molecule is CCOC(=O)C(C)(O)CC(F)(F)C(F)(F)C(F)(F)C(F)(F)C(F)(F)F. The summed E-state index contributed by atoms with van der Waals surface area (Å²) in [5, 5.41) is 9.30. The molecular formula is C11H11F11O3. The number of hydrogen-bond acceptors (Lipinski definition) is 3. The van der Waals surface area contributed by atoms with E-state index in [2.05, 4.69) is 4.74 Å². The Morgan fingerprint density at radius 3 is 1.56 bits per heavy atom. The first-order valence-corrected chi connectivity index (χ1v) is 6.16. The maximum atomic E-state index is 13.4. The molecule has 14 heteroatoms. The Kier molecular flexibility index (Phi) is 6.09. The van der Waals surface area contributed by atoms with Crippen LogP contribution in [0.5, 0.6) is 0 Å². The van der Waals surface area contributed by atoms with Gasteiger partial charge in [-0.3, -0.25) is 0 Å². The highest BCUT2D eigenvalue weighted by Crippen LogP contribution is 2.58. The second-order valence-electron chi connectivity index (χ2n) is 5.10. The molecule has 0 radical (unpaired) electrons. The molecule has 0 saturated heterocycles. The fraction of sp³-hybridized carbons (Fsp3) is 0.909. The van der Waals surface area contributed by atoms with Gasteiger partial charge < -0.3 is 9.84 Å². The summed E-state index contributed by atoms with van der Waals surface area (Å²) >= 11 is 0. The van der Waals surface area contributed by atoms with E-state index in [1.807, 2.05) is 0 Å². The molecule has 25 heavy (non-hydrogen) atoms. The quantitative estimate of drug-likeness (QED) is 0.523. The molecule has 0 amide bonds. The Balaban J connectivity index is 5.93. The monoisotopic (exact) mass is 400 g/mol. The number of carbonyl (C=O) groups is 1. The van der Waals surface area contributed by atoms with Crippen LogP contribution in [0.4, 0.5) is 48.3 Å². The van der Waals surface area contributed by atoms with Gasteiger partial charge in [0.05, 0.1) is 13.0 Å². The van der Waals surface area contributed by atoms with Crippen LogP contribution < -0.4 is 0 Å². The van der Waals surface area contributed by atoms with E-state index in [1.165, 1.54) is 0 Å². The standard InChI is InChI=1S/C11H11F11O3/c1-3-25-5(23)6(2,24)4-7(12,13)8(14,15)9(16,17)10(18,19)11(20,21)22/h24H,3-4H2,1-2H3. The summed E-state index contributed by atoms with van der Waals surface area (Å²) in [7, 11) is 0. The van der Waals surface area contributed by atoms with Crippen molar-refractivity contribution in [2.24, 2.45) is 0 Å². The number of ether oxygens (including phenoxy) is 1. The van der Waals surface area contributed by atoms with Gasteiger partial charge in [0.15, 0.2) is 5.60 Å². The van der Waals surface area contributed by atoms with Crippen LogP contribution in [0.25, 0.3) is 0 Å². The first-order chi connectivity index (χ1) is 10.7. The summed E-state index contributed by atoms with van der Waals surface area (Å²) in [5.74, 6) is -30.7. The largest absolute Gasteiger partial charge is 0.464 e.